The summed E-state index contributed by atoms with van der Waals surface area (Å²) in [6.07, 6.45) is 0. The van der Waals surface area contributed by atoms with Crippen LogP contribution in [0.15, 0.2) is 30.3 Å². The van der Waals surface area contributed by atoms with Crippen LogP contribution >= 0.6 is 0 Å². The fourth-order valence-electron chi connectivity index (χ4n) is 1.36. The Morgan fingerprint density at radius 1 is 1.00 bits per heavy atom. The average Bonchev–Trinajstić information content (AvgIpc) is 2.38. The fraction of sp³-hybridized carbons (Fsp3) is 0.455. The molecule has 9 heteroatoms. The summed E-state index contributed by atoms with van der Waals surface area (Å²) < 4.78 is 51.4. The van der Waals surface area contributed by atoms with Gasteiger partial charge in [-0.15, -0.1) is 0 Å². The lowest BCUT2D eigenvalue weighted by atomic mass is 10.3. The number of para-hydroxylation sites is 1. The predicted molar refractivity (Wildman–Crippen MR) is 79.2 cm³/mol. The monoisotopic (exact) mass is 321 g/mol. The quantitative estimate of drug-likeness (QED) is 0.756. The minimum absolute atomic E-state index is 0.181. The Hall–Kier alpha value is -1.16. The summed E-state index contributed by atoms with van der Waals surface area (Å²) in [5.41, 5.74) is 0.531. The third-order valence-corrected chi connectivity index (χ3v) is 5.96. The van der Waals surface area contributed by atoms with Crippen LogP contribution in [0, 0.1) is 0 Å². The summed E-state index contributed by atoms with van der Waals surface area (Å²) in [5.74, 6) is -0.314. The third-order valence-electron chi connectivity index (χ3n) is 2.66. The van der Waals surface area contributed by atoms with E-state index in [2.05, 4.69) is 4.72 Å². The number of benzene rings is 1. The van der Waals surface area contributed by atoms with Crippen LogP contribution in [0.4, 0.5) is 5.69 Å². The van der Waals surface area contributed by atoms with Crippen molar-refractivity contribution in [3.63, 3.8) is 0 Å². The predicted octanol–water partition coefficient (Wildman–Crippen LogP) is -0.151. The minimum Gasteiger partial charge on any atom is -0.273 e. The van der Waals surface area contributed by atoms with Crippen molar-refractivity contribution in [2.24, 2.45) is 0 Å². The summed E-state index contributed by atoms with van der Waals surface area (Å²) in [6, 6.07) is 8.59. The van der Waals surface area contributed by atoms with Crippen LogP contribution in [0.3, 0.4) is 0 Å². The Morgan fingerprint density at radius 2 is 1.55 bits per heavy atom. The average molecular weight is 321 g/mol. The molecule has 0 aliphatic carbocycles. The summed E-state index contributed by atoms with van der Waals surface area (Å²) >= 11 is 0. The van der Waals surface area contributed by atoms with E-state index in [9.17, 15) is 16.8 Å². The Morgan fingerprint density at radius 3 is 2.05 bits per heavy atom. The maximum atomic E-state index is 12.1. The molecule has 0 saturated carbocycles. The van der Waals surface area contributed by atoms with Gasteiger partial charge in [0, 0.05) is 27.7 Å². The van der Waals surface area contributed by atoms with E-state index in [4.69, 9.17) is 0 Å². The largest absolute Gasteiger partial charge is 0.278 e. The Balaban J connectivity index is 2.68. The SMILES string of the molecule is CN(c1ccccc1)S(=O)(=O)CCNS(=O)(=O)N(C)C. The van der Waals surface area contributed by atoms with E-state index >= 15 is 0 Å². The van der Waals surface area contributed by atoms with E-state index in [1.807, 2.05) is 0 Å². The Labute approximate surface area is 120 Å². The van der Waals surface area contributed by atoms with Gasteiger partial charge in [0.05, 0.1) is 11.4 Å². The van der Waals surface area contributed by atoms with Gasteiger partial charge >= 0.3 is 0 Å². The number of sulfonamides is 1. The molecule has 1 aromatic carbocycles. The molecule has 0 atom stereocenters. The van der Waals surface area contributed by atoms with E-state index < -0.39 is 20.2 Å². The lowest BCUT2D eigenvalue weighted by Gasteiger charge is -2.20. The Bertz CT molecular complexity index is 627. The first-order chi connectivity index (χ1) is 9.17. The molecule has 0 radical (unpaired) electrons. The number of hydrogen-bond donors (Lipinski definition) is 1. The molecule has 1 rings (SSSR count). The maximum absolute atomic E-state index is 12.1. The van der Waals surface area contributed by atoms with Crippen molar-refractivity contribution in [2.45, 2.75) is 0 Å². The minimum atomic E-state index is -3.61. The molecule has 20 heavy (non-hydrogen) atoms. The van der Waals surface area contributed by atoms with Crippen LogP contribution in [0.2, 0.25) is 0 Å². The molecule has 0 spiro atoms. The van der Waals surface area contributed by atoms with Crippen LogP contribution in [-0.4, -0.2) is 54.6 Å². The van der Waals surface area contributed by atoms with Crippen LogP contribution in [0.5, 0.6) is 0 Å². The topological polar surface area (TPSA) is 86.8 Å². The lowest BCUT2D eigenvalue weighted by Crippen LogP contribution is -2.40. The van der Waals surface area contributed by atoms with Gasteiger partial charge in [-0.3, -0.25) is 4.31 Å². The highest BCUT2D eigenvalue weighted by molar-refractivity contribution is 7.92. The van der Waals surface area contributed by atoms with Crippen LogP contribution in [-0.2, 0) is 20.2 Å². The number of rotatable bonds is 7. The van der Waals surface area contributed by atoms with Gasteiger partial charge in [-0.2, -0.15) is 12.7 Å². The normalized spacial score (nSPS) is 12.6. The van der Waals surface area contributed by atoms with Crippen molar-refractivity contribution in [3.05, 3.63) is 30.3 Å². The highest BCUT2D eigenvalue weighted by atomic mass is 32.2. The molecule has 0 aromatic heterocycles. The molecule has 1 N–H and O–H groups in total. The van der Waals surface area contributed by atoms with E-state index in [-0.39, 0.29) is 12.3 Å². The number of nitrogens with zero attached hydrogens (tertiary/aromatic N) is 2. The zero-order valence-electron chi connectivity index (χ0n) is 11.6. The first-order valence-corrected chi connectivity index (χ1v) is 8.90. The van der Waals surface area contributed by atoms with Crippen LogP contribution in [0.25, 0.3) is 0 Å². The standard InChI is InChI=1S/C11H19N3O4S2/c1-13(2)20(17,18)12-9-10-19(15,16)14(3)11-7-5-4-6-8-11/h4-8,12H,9-10H2,1-3H3. The van der Waals surface area contributed by atoms with Gasteiger partial charge in [-0.05, 0) is 12.1 Å². The lowest BCUT2D eigenvalue weighted by molar-refractivity contribution is 0.507. The summed E-state index contributed by atoms with van der Waals surface area (Å²) in [4.78, 5) is 0. The first-order valence-electron chi connectivity index (χ1n) is 5.85. The number of nitrogens with one attached hydrogen (secondary N) is 1. The molecule has 0 bridgehead atoms. The molecule has 1 aromatic rings. The zero-order valence-corrected chi connectivity index (χ0v) is 13.3. The third kappa shape index (κ3) is 4.44. The van der Waals surface area contributed by atoms with Crippen molar-refractivity contribution < 1.29 is 16.8 Å². The number of anilines is 1. The molecule has 0 aliphatic rings. The van der Waals surface area contributed by atoms with Crippen molar-refractivity contribution >= 4 is 25.9 Å². The van der Waals surface area contributed by atoms with Gasteiger partial charge in [0.15, 0.2) is 0 Å². The van der Waals surface area contributed by atoms with Crippen molar-refractivity contribution in [1.29, 1.82) is 0 Å². The molecule has 0 aliphatic heterocycles. The van der Waals surface area contributed by atoms with E-state index in [0.29, 0.717) is 5.69 Å². The Kier molecular flexibility index (Phi) is 5.51. The number of hydrogen-bond acceptors (Lipinski definition) is 4. The van der Waals surface area contributed by atoms with Gasteiger partial charge in [-0.25, -0.2) is 13.1 Å². The highest BCUT2D eigenvalue weighted by Gasteiger charge is 2.20. The van der Waals surface area contributed by atoms with Gasteiger partial charge in [0.25, 0.3) is 10.2 Å². The fourth-order valence-corrected chi connectivity index (χ4v) is 3.19. The first kappa shape index (κ1) is 16.9. The second kappa shape index (κ2) is 6.53. The van der Waals surface area contributed by atoms with E-state index in [1.54, 1.807) is 30.3 Å². The van der Waals surface area contributed by atoms with Gasteiger partial charge < -0.3 is 0 Å². The van der Waals surface area contributed by atoms with E-state index in [1.165, 1.54) is 21.1 Å². The molecule has 0 amide bonds. The van der Waals surface area contributed by atoms with Crippen molar-refractivity contribution in [3.8, 4) is 0 Å². The summed E-state index contributed by atoms with van der Waals surface area (Å²) in [5, 5.41) is 0. The second-order valence-electron chi connectivity index (χ2n) is 4.30. The molecule has 0 unspecified atom stereocenters. The molecule has 0 heterocycles. The summed E-state index contributed by atoms with van der Waals surface area (Å²) in [7, 11) is -3.01. The zero-order chi connectivity index (χ0) is 15.4. The molecule has 7 nitrogen and oxygen atoms in total. The maximum Gasteiger partial charge on any atom is 0.278 e. The smallest absolute Gasteiger partial charge is 0.273 e. The van der Waals surface area contributed by atoms with Gasteiger partial charge in [0.1, 0.15) is 0 Å². The molecule has 114 valence electrons. The van der Waals surface area contributed by atoms with Crippen molar-refractivity contribution in [1.82, 2.24) is 9.03 Å². The van der Waals surface area contributed by atoms with Gasteiger partial charge in [-0.1, -0.05) is 18.2 Å². The van der Waals surface area contributed by atoms with Crippen LogP contribution < -0.4 is 9.03 Å². The second-order valence-corrected chi connectivity index (χ2v) is 8.39. The van der Waals surface area contributed by atoms with Crippen molar-refractivity contribution in [2.75, 3.05) is 37.7 Å². The van der Waals surface area contributed by atoms with E-state index in [0.717, 1.165) is 8.61 Å². The molecule has 0 fully saturated rings. The van der Waals surface area contributed by atoms with Crippen LogP contribution in [0.1, 0.15) is 0 Å². The highest BCUT2D eigenvalue weighted by Crippen LogP contribution is 2.14. The molecule has 0 saturated heterocycles. The molecular weight excluding hydrogens is 302 g/mol. The molecular formula is C11H19N3O4S2. The summed E-state index contributed by atoms with van der Waals surface area (Å²) in [6.45, 7) is -0.181. The van der Waals surface area contributed by atoms with Gasteiger partial charge in [0.2, 0.25) is 10.0 Å².